The molecule has 1 atom stereocenters. The predicted octanol–water partition coefficient (Wildman–Crippen LogP) is 6.41. The average molecular weight is 446 g/mol. The Balaban J connectivity index is 1.79. The van der Waals surface area contributed by atoms with Crippen LogP contribution < -0.4 is 0 Å². The van der Waals surface area contributed by atoms with Crippen molar-refractivity contribution in [2.45, 2.75) is 16.7 Å². The molecule has 0 fully saturated rings. The lowest BCUT2D eigenvalue weighted by molar-refractivity contribution is 0.598. The molecule has 0 saturated carbocycles. The third kappa shape index (κ3) is 5.19. The van der Waals surface area contributed by atoms with Crippen molar-refractivity contribution in [2.24, 2.45) is 3.77 Å². The first-order valence-electron chi connectivity index (χ1n) is 9.98. The molecule has 4 rings (SSSR count). The van der Waals surface area contributed by atoms with E-state index in [2.05, 4.69) is 3.77 Å². The molecule has 5 heteroatoms. The Morgan fingerprint density at radius 3 is 2.26 bits per heavy atom. The molecular formula is C26H23NO2S2. The van der Waals surface area contributed by atoms with E-state index in [9.17, 15) is 8.42 Å². The van der Waals surface area contributed by atoms with Gasteiger partial charge in [0.2, 0.25) is 0 Å². The van der Waals surface area contributed by atoms with E-state index in [1.807, 2.05) is 91.9 Å². The Kier molecular flexibility index (Phi) is 6.44. The Hall–Kier alpha value is -3.02. The van der Waals surface area contributed by atoms with Crippen LogP contribution in [0.25, 0.3) is 16.8 Å². The molecule has 1 unspecified atom stereocenters. The van der Waals surface area contributed by atoms with E-state index in [0.717, 1.165) is 26.8 Å². The number of nitrogens with zero attached hydrogens (tertiary/aromatic N) is 1. The van der Waals surface area contributed by atoms with Crippen LogP contribution in [-0.4, -0.2) is 14.2 Å². The first-order chi connectivity index (χ1) is 15.0. The van der Waals surface area contributed by atoms with Crippen molar-refractivity contribution in [3.63, 3.8) is 0 Å². The van der Waals surface area contributed by atoms with Crippen LogP contribution in [0.4, 0.5) is 0 Å². The molecule has 0 spiro atoms. The van der Waals surface area contributed by atoms with Crippen molar-refractivity contribution in [2.75, 3.05) is 5.75 Å². The fraction of sp³-hybridized carbons (Fsp3) is 0.0769. The summed E-state index contributed by atoms with van der Waals surface area (Å²) < 4.78 is 30.6. The molecule has 0 aliphatic rings. The monoisotopic (exact) mass is 445 g/mol. The molecule has 0 aliphatic carbocycles. The van der Waals surface area contributed by atoms with E-state index in [1.54, 1.807) is 24.3 Å². The van der Waals surface area contributed by atoms with E-state index >= 15 is 0 Å². The maximum atomic E-state index is 13.1. The highest BCUT2D eigenvalue weighted by molar-refractivity contribution is 8.00. The highest BCUT2D eigenvalue weighted by atomic mass is 32.3. The van der Waals surface area contributed by atoms with Crippen LogP contribution in [0.15, 0.2) is 117 Å². The second kappa shape index (κ2) is 9.41. The molecule has 156 valence electrons. The third-order valence-corrected chi connectivity index (χ3v) is 8.62. The molecule has 4 aromatic rings. The number of rotatable bonds is 6. The summed E-state index contributed by atoms with van der Waals surface area (Å²) >= 11 is 0. The molecule has 0 aromatic heterocycles. The first-order valence-corrected chi connectivity index (χ1v) is 12.8. The fourth-order valence-electron chi connectivity index (χ4n) is 3.27. The van der Waals surface area contributed by atoms with Gasteiger partial charge in [0.15, 0.2) is 0 Å². The van der Waals surface area contributed by atoms with E-state index in [4.69, 9.17) is 0 Å². The van der Waals surface area contributed by atoms with Crippen LogP contribution >= 0.6 is 0 Å². The Bertz CT molecular complexity index is 1350. The van der Waals surface area contributed by atoms with Gasteiger partial charge in [0.25, 0.3) is 10.0 Å². The molecule has 0 bridgehead atoms. The van der Waals surface area contributed by atoms with Crippen LogP contribution in [0.3, 0.4) is 0 Å². The molecule has 3 nitrogen and oxygen atoms in total. The Morgan fingerprint density at radius 2 is 1.48 bits per heavy atom. The topological polar surface area (TPSA) is 46.5 Å². The van der Waals surface area contributed by atoms with Crippen LogP contribution in [-0.2, 0) is 20.7 Å². The minimum Gasteiger partial charge on any atom is -0.199 e. The normalized spacial score (nSPS) is 13.1. The minimum atomic E-state index is -3.78. The van der Waals surface area contributed by atoms with Crippen molar-refractivity contribution in [3.05, 3.63) is 114 Å². The molecule has 0 aliphatic heterocycles. The van der Waals surface area contributed by atoms with Crippen molar-refractivity contribution in [3.8, 4) is 0 Å². The van der Waals surface area contributed by atoms with Crippen LogP contribution in [0.1, 0.15) is 11.1 Å². The summed E-state index contributed by atoms with van der Waals surface area (Å²) in [4.78, 5) is 1.16. The zero-order valence-electron chi connectivity index (χ0n) is 17.2. The molecule has 0 saturated heterocycles. The third-order valence-electron chi connectivity index (χ3n) is 4.87. The highest BCUT2D eigenvalue weighted by Crippen LogP contribution is 2.25. The van der Waals surface area contributed by atoms with E-state index in [0.29, 0.717) is 5.75 Å². The van der Waals surface area contributed by atoms with Gasteiger partial charge in [0, 0.05) is 10.6 Å². The number of hydrogen-bond acceptors (Lipinski definition) is 2. The van der Waals surface area contributed by atoms with Gasteiger partial charge in [-0.05, 0) is 52.2 Å². The number of sulfonamides is 1. The van der Waals surface area contributed by atoms with Gasteiger partial charge in [0.05, 0.1) is 4.90 Å². The van der Waals surface area contributed by atoms with Crippen molar-refractivity contribution in [1.29, 1.82) is 0 Å². The fourth-order valence-corrected chi connectivity index (χ4v) is 6.74. The Labute approximate surface area is 186 Å². The molecule has 0 radical (unpaired) electrons. The van der Waals surface area contributed by atoms with Gasteiger partial charge in [-0.15, -0.1) is 3.77 Å². The standard InChI is InChI=1S/C26H23NO2S2/c1-21-16-18-24(19-17-21)31(28,29)27-30(20-8-11-22-9-3-2-4-10-22)26-15-7-13-23-12-5-6-14-25(23)26/h2-19H,20H2,1H3/b11-8+. The summed E-state index contributed by atoms with van der Waals surface area (Å²) in [6.45, 7) is 1.93. The van der Waals surface area contributed by atoms with Gasteiger partial charge in [-0.25, -0.2) is 0 Å². The predicted molar refractivity (Wildman–Crippen MR) is 131 cm³/mol. The molecule has 0 heterocycles. The van der Waals surface area contributed by atoms with E-state index in [-0.39, 0.29) is 4.90 Å². The lowest BCUT2D eigenvalue weighted by atomic mass is 10.1. The molecule has 4 aromatic carbocycles. The van der Waals surface area contributed by atoms with Crippen molar-refractivity contribution < 1.29 is 8.42 Å². The van der Waals surface area contributed by atoms with Crippen molar-refractivity contribution >= 4 is 37.6 Å². The smallest absolute Gasteiger partial charge is 0.199 e. The molecule has 31 heavy (non-hydrogen) atoms. The van der Waals surface area contributed by atoms with Gasteiger partial charge in [0.1, 0.15) is 0 Å². The van der Waals surface area contributed by atoms with Crippen LogP contribution in [0.2, 0.25) is 0 Å². The van der Waals surface area contributed by atoms with E-state index in [1.165, 1.54) is 0 Å². The summed E-state index contributed by atoms with van der Waals surface area (Å²) in [5, 5.41) is 2.11. The van der Waals surface area contributed by atoms with Gasteiger partial charge < -0.3 is 0 Å². The summed E-state index contributed by atoms with van der Waals surface area (Å²) in [5.74, 6) is 0.508. The first kappa shape index (κ1) is 21.2. The van der Waals surface area contributed by atoms with Crippen LogP contribution in [0, 0.1) is 6.92 Å². The largest absolute Gasteiger partial charge is 0.288 e. The number of benzene rings is 4. The summed E-state index contributed by atoms with van der Waals surface area (Å²) in [6.07, 6.45) is 4.02. The average Bonchev–Trinajstić information content (AvgIpc) is 2.79. The number of fused-ring (bicyclic) bond motifs is 1. The molecule has 0 N–H and O–H groups in total. The minimum absolute atomic E-state index is 0.225. The van der Waals surface area contributed by atoms with Crippen LogP contribution in [0.5, 0.6) is 0 Å². The van der Waals surface area contributed by atoms with Gasteiger partial charge in [-0.3, -0.25) is 0 Å². The molecule has 0 amide bonds. The number of hydrogen-bond donors (Lipinski definition) is 0. The summed E-state index contributed by atoms with van der Waals surface area (Å²) in [5.41, 5.74) is 2.09. The zero-order chi connectivity index (χ0) is 21.7. The van der Waals surface area contributed by atoms with Gasteiger partial charge in [-0.2, -0.15) is 8.42 Å². The maximum Gasteiger partial charge on any atom is 0.288 e. The second-order valence-corrected chi connectivity index (χ2v) is 10.7. The lowest BCUT2D eigenvalue weighted by Gasteiger charge is -2.11. The highest BCUT2D eigenvalue weighted by Gasteiger charge is 2.15. The summed E-state index contributed by atoms with van der Waals surface area (Å²) in [7, 11) is -4.65. The summed E-state index contributed by atoms with van der Waals surface area (Å²) in [6, 6.07) is 30.8. The quantitative estimate of drug-likeness (QED) is 0.344. The van der Waals surface area contributed by atoms with E-state index < -0.39 is 20.7 Å². The maximum absolute atomic E-state index is 13.1. The number of aryl methyl sites for hydroxylation is 1. The second-order valence-electron chi connectivity index (χ2n) is 7.18. The molecular weight excluding hydrogens is 422 g/mol. The Morgan fingerprint density at radius 1 is 0.806 bits per heavy atom. The van der Waals surface area contributed by atoms with Gasteiger partial charge >= 0.3 is 0 Å². The van der Waals surface area contributed by atoms with Gasteiger partial charge in [-0.1, -0.05) is 96.6 Å². The SMILES string of the molecule is Cc1ccc(S(=O)(=O)/N=S(/C/C=C/c2ccccc2)c2cccc3ccccc23)cc1. The van der Waals surface area contributed by atoms with Crippen molar-refractivity contribution in [1.82, 2.24) is 0 Å². The lowest BCUT2D eigenvalue weighted by Crippen LogP contribution is -2.04. The zero-order valence-corrected chi connectivity index (χ0v) is 18.8.